The number of carbonyl (C=O) groups is 1. The summed E-state index contributed by atoms with van der Waals surface area (Å²) in [6.45, 7) is 1.26. The van der Waals surface area contributed by atoms with Crippen LogP contribution in [0.2, 0.25) is 0 Å². The number of imidazole rings is 1. The van der Waals surface area contributed by atoms with Gasteiger partial charge < -0.3 is 20.0 Å². The number of nitrogens with two attached hydrogens (primary N) is 1. The first-order valence-corrected chi connectivity index (χ1v) is 7.86. The van der Waals surface area contributed by atoms with Crippen LogP contribution in [-0.4, -0.2) is 28.5 Å². The van der Waals surface area contributed by atoms with Crippen molar-refractivity contribution in [2.24, 2.45) is 12.8 Å². The Hall–Kier alpha value is -1.73. The number of hydrogen-bond acceptors (Lipinski definition) is 5. The standard InChI is InChI=1S/C14H20N4O2S/c1-18-9-8-17-14(18)21-10-11-4-5-12(20-11)13(19)16-7-3-2-6-15/h4-5,8-9H,2-3,6-7,10,15H2,1H3,(H,16,19). The number of unbranched alkanes of at least 4 members (excludes halogenated alkanes) is 1. The molecule has 0 fully saturated rings. The third-order valence-corrected chi connectivity index (χ3v) is 4.00. The summed E-state index contributed by atoms with van der Waals surface area (Å²) in [4.78, 5) is 16.1. The van der Waals surface area contributed by atoms with Crippen molar-refractivity contribution in [2.75, 3.05) is 13.1 Å². The van der Waals surface area contributed by atoms with Crippen molar-refractivity contribution in [1.82, 2.24) is 14.9 Å². The molecule has 2 heterocycles. The number of nitrogens with zero attached hydrogens (tertiary/aromatic N) is 2. The largest absolute Gasteiger partial charge is 0.455 e. The highest BCUT2D eigenvalue weighted by molar-refractivity contribution is 7.98. The Morgan fingerprint density at radius 2 is 2.33 bits per heavy atom. The molecule has 7 heteroatoms. The molecule has 2 aromatic heterocycles. The van der Waals surface area contributed by atoms with E-state index in [0.717, 1.165) is 23.8 Å². The van der Waals surface area contributed by atoms with E-state index >= 15 is 0 Å². The highest BCUT2D eigenvalue weighted by Crippen LogP contribution is 2.21. The summed E-state index contributed by atoms with van der Waals surface area (Å²) >= 11 is 1.57. The quantitative estimate of drug-likeness (QED) is 0.573. The van der Waals surface area contributed by atoms with E-state index in [1.54, 1.807) is 24.0 Å². The molecular formula is C14H20N4O2S. The van der Waals surface area contributed by atoms with Gasteiger partial charge in [0.2, 0.25) is 0 Å². The molecule has 21 heavy (non-hydrogen) atoms. The summed E-state index contributed by atoms with van der Waals surface area (Å²) < 4.78 is 7.49. The Labute approximate surface area is 128 Å². The lowest BCUT2D eigenvalue weighted by Crippen LogP contribution is -2.24. The fourth-order valence-corrected chi connectivity index (χ4v) is 2.59. The number of furan rings is 1. The van der Waals surface area contributed by atoms with Gasteiger partial charge in [-0.15, -0.1) is 0 Å². The van der Waals surface area contributed by atoms with E-state index in [1.807, 2.05) is 23.9 Å². The van der Waals surface area contributed by atoms with Crippen molar-refractivity contribution in [3.8, 4) is 0 Å². The monoisotopic (exact) mass is 308 g/mol. The third kappa shape index (κ3) is 4.64. The van der Waals surface area contributed by atoms with Gasteiger partial charge in [0.05, 0.1) is 5.75 Å². The van der Waals surface area contributed by atoms with Crippen LogP contribution in [0.1, 0.15) is 29.2 Å². The maximum absolute atomic E-state index is 11.8. The maximum Gasteiger partial charge on any atom is 0.286 e. The molecule has 0 saturated carbocycles. The van der Waals surface area contributed by atoms with Gasteiger partial charge in [0.25, 0.3) is 5.91 Å². The second kappa shape index (κ2) is 7.90. The first kappa shape index (κ1) is 15.7. The second-order valence-electron chi connectivity index (χ2n) is 4.63. The number of rotatable bonds is 8. The average molecular weight is 308 g/mol. The van der Waals surface area contributed by atoms with Crippen molar-refractivity contribution in [2.45, 2.75) is 23.8 Å². The summed E-state index contributed by atoms with van der Waals surface area (Å²) in [5.74, 6) is 1.57. The number of aryl methyl sites for hydroxylation is 1. The van der Waals surface area contributed by atoms with E-state index in [9.17, 15) is 4.79 Å². The van der Waals surface area contributed by atoms with Crippen LogP contribution in [0.5, 0.6) is 0 Å². The van der Waals surface area contributed by atoms with E-state index in [0.29, 0.717) is 24.6 Å². The Morgan fingerprint density at radius 3 is 3.05 bits per heavy atom. The zero-order chi connectivity index (χ0) is 15.1. The molecule has 2 rings (SSSR count). The number of carbonyl (C=O) groups excluding carboxylic acids is 1. The minimum Gasteiger partial charge on any atom is -0.455 e. The molecule has 0 bridgehead atoms. The van der Waals surface area contributed by atoms with E-state index in [2.05, 4.69) is 10.3 Å². The Kier molecular flexibility index (Phi) is 5.89. The van der Waals surface area contributed by atoms with Crippen LogP contribution in [0.4, 0.5) is 0 Å². The van der Waals surface area contributed by atoms with Crippen LogP contribution in [0, 0.1) is 0 Å². The second-order valence-corrected chi connectivity index (χ2v) is 5.57. The molecule has 2 aromatic rings. The predicted octanol–water partition coefficient (Wildman–Crippen LogP) is 1.77. The normalized spacial score (nSPS) is 10.8. The van der Waals surface area contributed by atoms with Crippen molar-refractivity contribution < 1.29 is 9.21 Å². The molecule has 6 nitrogen and oxygen atoms in total. The fraction of sp³-hybridized carbons (Fsp3) is 0.429. The summed E-state index contributed by atoms with van der Waals surface area (Å²) in [6.07, 6.45) is 5.43. The van der Waals surface area contributed by atoms with Crippen LogP contribution < -0.4 is 11.1 Å². The maximum atomic E-state index is 11.8. The predicted molar refractivity (Wildman–Crippen MR) is 82.1 cm³/mol. The summed E-state index contributed by atoms with van der Waals surface area (Å²) in [5, 5.41) is 3.73. The molecule has 1 amide bonds. The number of nitrogens with one attached hydrogen (secondary N) is 1. The number of amides is 1. The van der Waals surface area contributed by atoms with Crippen molar-refractivity contribution in [3.05, 3.63) is 36.0 Å². The Morgan fingerprint density at radius 1 is 1.48 bits per heavy atom. The smallest absolute Gasteiger partial charge is 0.286 e. The third-order valence-electron chi connectivity index (χ3n) is 2.92. The van der Waals surface area contributed by atoms with Gasteiger partial charge in [-0.3, -0.25) is 4.79 Å². The molecule has 0 atom stereocenters. The first-order valence-electron chi connectivity index (χ1n) is 6.88. The van der Waals surface area contributed by atoms with Crippen LogP contribution in [0.25, 0.3) is 0 Å². The van der Waals surface area contributed by atoms with Gasteiger partial charge in [-0.25, -0.2) is 4.98 Å². The van der Waals surface area contributed by atoms with E-state index in [4.69, 9.17) is 10.2 Å². The SMILES string of the molecule is Cn1ccnc1SCc1ccc(C(=O)NCCCCN)o1. The van der Waals surface area contributed by atoms with Gasteiger partial charge in [0.1, 0.15) is 5.76 Å². The molecule has 0 radical (unpaired) electrons. The van der Waals surface area contributed by atoms with Gasteiger partial charge in [0.15, 0.2) is 10.9 Å². The summed E-state index contributed by atoms with van der Waals surface area (Å²) in [5.41, 5.74) is 5.40. The Bertz CT molecular complexity index is 579. The van der Waals surface area contributed by atoms with Gasteiger partial charge in [-0.05, 0) is 31.5 Å². The molecule has 0 aromatic carbocycles. The van der Waals surface area contributed by atoms with E-state index < -0.39 is 0 Å². The zero-order valence-corrected chi connectivity index (χ0v) is 12.9. The fourth-order valence-electron chi connectivity index (χ4n) is 1.76. The summed E-state index contributed by atoms with van der Waals surface area (Å²) in [6, 6.07) is 3.53. The zero-order valence-electron chi connectivity index (χ0n) is 12.0. The minimum atomic E-state index is -0.180. The topological polar surface area (TPSA) is 86.1 Å². The lowest BCUT2D eigenvalue weighted by molar-refractivity contribution is 0.0924. The number of aromatic nitrogens is 2. The molecule has 0 aliphatic heterocycles. The van der Waals surface area contributed by atoms with Crippen molar-refractivity contribution in [1.29, 1.82) is 0 Å². The van der Waals surface area contributed by atoms with Gasteiger partial charge in [0, 0.05) is 26.0 Å². The lowest BCUT2D eigenvalue weighted by atomic mass is 10.3. The number of hydrogen-bond donors (Lipinski definition) is 2. The van der Waals surface area contributed by atoms with E-state index in [1.165, 1.54) is 0 Å². The van der Waals surface area contributed by atoms with Crippen LogP contribution in [-0.2, 0) is 12.8 Å². The molecule has 3 N–H and O–H groups in total. The van der Waals surface area contributed by atoms with Gasteiger partial charge >= 0.3 is 0 Å². The molecule has 0 aliphatic carbocycles. The molecule has 0 aliphatic rings. The highest BCUT2D eigenvalue weighted by Gasteiger charge is 2.11. The van der Waals surface area contributed by atoms with Crippen molar-refractivity contribution >= 4 is 17.7 Å². The minimum absolute atomic E-state index is 0.180. The Balaban J connectivity index is 1.80. The van der Waals surface area contributed by atoms with Crippen LogP contribution >= 0.6 is 11.8 Å². The number of thioether (sulfide) groups is 1. The van der Waals surface area contributed by atoms with Gasteiger partial charge in [-0.1, -0.05) is 11.8 Å². The van der Waals surface area contributed by atoms with Crippen LogP contribution in [0.15, 0.2) is 34.1 Å². The van der Waals surface area contributed by atoms with Crippen molar-refractivity contribution in [3.63, 3.8) is 0 Å². The summed E-state index contributed by atoms with van der Waals surface area (Å²) in [7, 11) is 1.94. The van der Waals surface area contributed by atoms with E-state index in [-0.39, 0.29) is 5.91 Å². The van der Waals surface area contributed by atoms with Gasteiger partial charge in [-0.2, -0.15) is 0 Å². The average Bonchev–Trinajstić information content (AvgIpc) is 3.10. The molecule has 114 valence electrons. The van der Waals surface area contributed by atoms with Crippen LogP contribution in [0.3, 0.4) is 0 Å². The molecule has 0 saturated heterocycles. The highest BCUT2D eigenvalue weighted by atomic mass is 32.2. The molecular weight excluding hydrogens is 288 g/mol. The lowest BCUT2D eigenvalue weighted by Gasteiger charge is -2.02. The molecule has 0 spiro atoms. The first-order chi connectivity index (χ1) is 10.2. The molecule has 0 unspecified atom stereocenters.